The van der Waals surface area contributed by atoms with Crippen LogP contribution >= 0.6 is 0 Å². The minimum atomic E-state index is -0.406. The van der Waals surface area contributed by atoms with Crippen LogP contribution < -0.4 is 10.2 Å². The molecule has 0 aliphatic heterocycles. The van der Waals surface area contributed by atoms with Gasteiger partial charge in [-0.3, -0.25) is 4.79 Å². The van der Waals surface area contributed by atoms with Gasteiger partial charge in [0, 0.05) is 11.1 Å². The van der Waals surface area contributed by atoms with E-state index in [0.717, 1.165) is 5.56 Å². The van der Waals surface area contributed by atoms with E-state index in [0.29, 0.717) is 11.3 Å². The van der Waals surface area contributed by atoms with E-state index in [-0.39, 0.29) is 5.82 Å². The molecule has 2 aromatic rings. The first-order chi connectivity index (χ1) is 9.70. The number of carbonyl (C=O) groups is 1. The highest BCUT2D eigenvalue weighted by atomic mass is 19.1. The van der Waals surface area contributed by atoms with Crippen molar-refractivity contribution in [1.29, 1.82) is 0 Å². The minimum Gasteiger partial charge on any atom is -0.496 e. The van der Waals surface area contributed by atoms with E-state index >= 15 is 0 Å². The van der Waals surface area contributed by atoms with Crippen LogP contribution in [0.1, 0.15) is 15.9 Å². The molecule has 4 nitrogen and oxygen atoms in total. The molecule has 2 rings (SSSR count). The number of rotatable bonds is 4. The predicted octanol–water partition coefficient (Wildman–Crippen LogP) is 2.60. The summed E-state index contributed by atoms with van der Waals surface area (Å²) in [4.78, 5) is 11.7. The Morgan fingerprint density at radius 1 is 1.20 bits per heavy atom. The second kappa shape index (κ2) is 6.47. The van der Waals surface area contributed by atoms with Crippen LogP contribution in [0, 0.1) is 5.82 Å². The molecule has 102 valence electrons. The lowest BCUT2D eigenvalue weighted by Gasteiger charge is -2.03. The van der Waals surface area contributed by atoms with Crippen LogP contribution in [0.2, 0.25) is 0 Å². The maximum atomic E-state index is 12.7. The third-order valence-corrected chi connectivity index (χ3v) is 2.62. The van der Waals surface area contributed by atoms with Gasteiger partial charge in [-0.25, -0.2) is 9.82 Å². The van der Waals surface area contributed by atoms with Crippen LogP contribution in [-0.2, 0) is 0 Å². The third-order valence-electron chi connectivity index (χ3n) is 2.62. The number of nitrogens with one attached hydrogen (secondary N) is 1. The number of hydrogen-bond donors (Lipinski definition) is 1. The van der Waals surface area contributed by atoms with Crippen molar-refractivity contribution < 1.29 is 13.9 Å². The van der Waals surface area contributed by atoms with Gasteiger partial charge in [0.2, 0.25) is 0 Å². The molecular formula is C15H13FN2O2. The zero-order chi connectivity index (χ0) is 14.4. The fourth-order valence-corrected chi connectivity index (χ4v) is 1.60. The number of nitrogens with zero attached hydrogens (tertiary/aromatic N) is 1. The number of methoxy groups -OCH3 is 1. The summed E-state index contributed by atoms with van der Waals surface area (Å²) in [5.74, 6) is -0.137. The van der Waals surface area contributed by atoms with Gasteiger partial charge in [-0.2, -0.15) is 5.10 Å². The van der Waals surface area contributed by atoms with E-state index in [1.165, 1.54) is 30.5 Å². The minimum absolute atomic E-state index is 0.337. The SMILES string of the molecule is COc1ccccc1/C=N\NC(=O)c1ccc(F)cc1. The molecule has 0 atom stereocenters. The Hall–Kier alpha value is -2.69. The van der Waals surface area contributed by atoms with E-state index in [4.69, 9.17) is 4.74 Å². The summed E-state index contributed by atoms with van der Waals surface area (Å²) in [5, 5.41) is 3.85. The summed E-state index contributed by atoms with van der Waals surface area (Å²) in [7, 11) is 1.56. The number of halogens is 1. The van der Waals surface area contributed by atoms with Crippen molar-refractivity contribution in [3.63, 3.8) is 0 Å². The first-order valence-electron chi connectivity index (χ1n) is 5.92. The van der Waals surface area contributed by atoms with E-state index in [2.05, 4.69) is 10.5 Å². The lowest BCUT2D eigenvalue weighted by molar-refractivity contribution is 0.0955. The number of ether oxygens (including phenoxy) is 1. The van der Waals surface area contributed by atoms with E-state index in [1.807, 2.05) is 18.2 Å². The Labute approximate surface area is 115 Å². The summed E-state index contributed by atoms with van der Waals surface area (Å²) in [5.41, 5.74) is 3.45. The van der Waals surface area contributed by atoms with Crippen molar-refractivity contribution in [2.24, 2.45) is 5.10 Å². The van der Waals surface area contributed by atoms with E-state index < -0.39 is 5.91 Å². The van der Waals surface area contributed by atoms with Gasteiger partial charge in [0.05, 0.1) is 13.3 Å². The Balaban J connectivity index is 2.02. The molecule has 0 aliphatic carbocycles. The first kappa shape index (κ1) is 13.7. The van der Waals surface area contributed by atoms with Crippen molar-refractivity contribution in [1.82, 2.24) is 5.43 Å². The van der Waals surface area contributed by atoms with Crippen LogP contribution in [0.15, 0.2) is 53.6 Å². The molecule has 1 N–H and O–H groups in total. The second-order valence-corrected chi connectivity index (χ2v) is 3.95. The molecule has 5 heteroatoms. The molecule has 0 aliphatic rings. The Morgan fingerprint density at radius 3 is 2.60 bits per heavy atom. The number of carbonyl (C=O) groups excluding carboxylic acids is 1. The van der Waals surface area contributed by atoms with Crippen LogP contribution in [0.5, 0.6) is 5.75 Å². The van der Waals surface area contributed by atoms with E-state index in [9.17, 15) is 9.18 Å². The predicted molar refractivity (Wildman–Crippen MR) is 74.5 cm³/mol. The van der Waals surface area contributed by atoms with Crippen LogP contribution in [0.3, 0.4) is 0 Å². The molecule has 0 heterocycles. The fourth-order valence-electron chi connectivity index (χ4n) is 1.60. The number of hydrogen-bond acceptors (Lipinski definition) is 3. The molecule has 20 heavy (non-hydrogen) atoms. The van der Waals surface area contributed by atoms with Crippen LogP contribution in [-0.4, -0.2) is 19.2 Å². The maximum absolute atomic E-state index is 12.7. The highest BCUT2D eigenvalue weighted by Gasteiger charge is 2.04. The molecular weight excluding hydrogens is 259 g/mol. The molecule has 2 aromatic carbocycles. The van der Waals surface area contributed by atoms with Gasteiger partial charge in [-0.05, 0) is 36.4 Å². The monoisotopic (exact) mass is 272 g/mol. The Kier molecular flexibility index (Phi) is 4.44. The van der Waals surface area contributed by atoms with Crippen LogP contribution in [0.4, 0.5) is 4.39 Å². The number of benzene rings is 2. The summed E-state index contributed by atoms with van der Waals surface area (Å²) < 4.78 is 17.9. The molecule has 0 saturated heterocycles. The van der Waals surface area contributed by atoms with Gasteiger partial charge in [0.25, 0.3) is 5.91 Å². The highest BCUT2D eigenvalue weighted by Crippen LogP contribution is 2.14. The first-order valence-corrected chi connectivity index (χ1v) is 5.92. The summed E-state index contributed by atoms with van der Waals surface area (Å²) >= 11 is 0. The van der Waals surface area contributed by atoms with Gasteiger partial charge in [-0.15, -0.1) is 0 Å². The van der Waals surface area contributed by atoms with Crippen molar-refractivity contribution in [3.05, 3.63) is 65.5 Å². The van der Waals surface area contributed by atoms with Gasteiger partial charge in [-0.1, -0.05) is 12.1 Å². The maximum Gasteiger partial charge on any atom is 0.271 e. The average molecular weight is 272 g/mol. The number of amides is 1. The standard InChI is InChI=1S/C15H13FN2O2/c1-20-14-5-3-2-4-12(14)10-17-18-15(19)11-6-8-13(16)9-7-11/h2-10H,1H3,(H,18,19)/b17-10-. The normalized spacial score (nSPS) is 10.5. The molecule has 0 bridgehead atoms. The quantitative estimate of drug-likeness (QED) is 0.687. The molecule has 0 unspecified atom stereocenters. The molecule has 0 aromatic heterocycles. The Morgan fingerprint density at radius 2 is 1.90 bits per heavy atom. The zero-order valence-corrected chi connectivity index (χ0v) is 10.8. The molecule has 0 spiro atoms. The van der Waals surface area contributed by atoms with Crippen molar-refractivity contribution in [2.45, 2.75) is 0 Å². The second-order valence-electron chi connectivity index (χ2n) is 3.95. The molecule has 1 amide bonds. The van der Waals surface area contributed by atoms with Gasteiger partial charge >= 0.3 is 0 Å². The topological polar surface area (TPSA) is 50.7 Å². The van der Waals surface area contributed by atoms with Gasteiger partial charge in [0.15, 0.2) is 0 Å². The largest absolute Gasteiger partial charge is 0.496 e. The zero-order valence-electron chi connectivity index (χ0n) is 10.8. The van der Waals surface area contributed by atoms with Gasteiger partial charge in [0.1, 0.15) is 11.6 Å². The summed E-state index contributed by atoms with van der Waals surface area (Å²) in [6.45, 7) is 0. The lowest BCUT2D eigenvalue weighted by atomic mass is 10.2. The number of para-hydroxylation sites is 1. The fraction of sp³-hybridized carbons (Fsp3) is 0.0667. The molecule has 0 saturated carbocycles. The number of hydrazone groups is 1. The van der Waals surface area contributed by atoms with Crippen LogP contribution in [0.25, 0.3) is 0 Å². The summed E-state index contributed by atoms with van der Waals surface area (Å²) in [6.07, 6.45) is 1.49. The van der Waals surface area contributed by atoms with Crippen molar-refractivity contribution >= 4 is 12.1 Å². The van der Waals surface area contributed by atoms with Gasteiger partial charge < -0.3 is 4.74 Å². The molecule has 0 radical (unpaired) electrons. The third kappa shape index (κ3) is 3.41. The van der Waals surface area contributed by atoms with E-state index in [1.54, 1.807) is 13.2 Å². The smallest absolute Gasteiger partial charge is 0.271 e. The highest BCUT2D eigenvalue weighted by molar-refractivity contribution is 5.95. The van der Waals surface area contributed by atoms with Crippen molar-refractivity contribution in [2.75, 3.05) is 7.11 Å². The van der Waals surface area contributed by atoms with Crippen molar-refractivity contribution in [3.8, 4) is 5.75 Å². The summed E-state index contributed by atoms with van der Waals surface area (Å²) in [6, 6.07) is 12.5. The molecule has 0 fully saturated rings. The lowest BCUT2D eigenvalue weighted by Crippen LogP contribution is -2.17. The Bertz CT molecular complexity index is 624. The average Bonchev–Trinajstić information content (AvgIpc) is 2.48.